The third-order valence-corrected chi connectivity index (χ3v) is 2.12. The Balaban J connectivity index is 2.48. The molecule has 0 saturated heterocycles. The topological polar surface area (TPSA) is 81.6 Å². The molecule has 0 fully saturated rings. The lowest BCUT2D eigenvalue weighted by Crippen LogP contribution is -2.36. The molecule has 0 heterocycles. The monoisotopic (exact) mass is 242 g/mol. The predicted octanol–water partition coefficient (Wildman–Crippen LogP) is 0.609. The molecular formula is C11H15FN2O3. The fraction of sp³-hybridized carbons (Fsp3) is 0.364. The van der Waals surface area contributed by atoms with Crippen molar-refractivity contribution in [2.75, 3.05) is 18.5 Å². The van der Waals surface area contributed by atoms with Crippen LogP contribution in [0.5, 0.6) is 0 Å². The Kier molecular flexibility index (Phi) is 4.86. The summed E-state index contributed by atoms with van der Waals surface area (Å²) in [6.07, 6.45) is -0.990. The first-order valence-electron chi connectivity index (χ1n) is 5.13. The van der Waals surface area contributed by atoms with Crippen molar-refractivity contribution in [2.24, 2.45) is 0 Å². The molecular weight excluding hydrogens is 227 g/mol. The van der Waals surface area contributed by atoms with Gasteiger partial charge in [0.2, 0.25) is 0 Å². The van der Waals surface area contributed by atoms with Gasteiger partial charge < -0.3 is 20.8 Å². The normalized spacial score (nSPS) is 12.0. The number of hydrogen-bond donors (Lipinski definition) is 4. The zero-order chi connectivity index (χ0) is 12.8. The van der Waals surface area contributed by atoms with Crippen molar-refractivity contribution < 1.29 is 19.4 Å². The third-order valence-electron chi connectivity index (χ3n) is 2.12. The second-order valence-corrected chi connectivity index (χ2v) is 3.64. The Morgan fingerprint density at radius 1 is 1.53 bits per heavy atom. The molecule has 0 radical (unpaired) electrons. The van der Waals surface area contributed by atoms with Crippen LogP contribution in [0.25, 0.3) is 0 Å². The van der Waals surface area contributed by atoms with Crippen LogP contribution in [0.3, 0.4) is 0 Å². The molecule has 5 nitrogen and oxygen atoms in total. The van der Waals surface area contributed by atoms with E-state index in [1.54, 1.807) is 6.92 Å². The number of nitrogens with one attached hydrogen (secondary N) is 2. The summed E-state index contributed by atoms with van der Waals surface area (Å²) in [6.45, 7) is 1.12. The minimum absolute atomic E-state index is 0.0531. The summed E-state index contributed by atoms with van der Waals surface area (Å²) in [6, 6.07) is 3.67. The Hall–Kier alpha value is -1.66. The fourth-order valence-corrected chi connectivity index (χ4v) is 1.17. The van der Waals surface area contributed by atoms with Crippen LogP contribution in [0, 0.1) is 12.7 Å². The Morgan fingerprint density at radius 2 is 2.24 bits per heavy atom. The average Bonchev–Trinajstić information content (AvgIpc) is 2.31. The lowest BCUT2D eigenvalue weighted by atomic mass is 10.2. The zero-order valence-electron chi connectivity index (χ0n) is 9.40. The van der Waals surface area contributed by atoms with E-state index in [-0.39, 0.29) is 12.4 Å². The highest BCUT2D eigenvalue weighted by Gasteiger charge is 2.06. The fourth-order valence-electron chi connectivity index (χ4n) is 1.17. The van der Waals surface area contributed by atoms with Crippen LogP contribution in [0.4, 0.5) is 14.9 Å². The van der Waals surface area contributed by atoms with E-state index in [1.165, 1.54) is 18.2 Å². The number of carbonyl (C=O) groups excluding carboxylic acids is 1. The molecule has 1 rings (SSSR count). The van der Waals surface area contributed by atoms with E-state index < -0.39 is 18.7 Å². The third kappa shape index (κ3) is 4.38. The molecule has 1 atom stereocenters. The summed E-state index contributed by atoms with van der Waals surface area (Å²) in [5, 5.41) is 22.4. The van der Waals surface area contributed by atoms with Crippen molar-refractivity contribution >= 4 is 11.7 Å². The van der Waals surface area contributed by atoms with Crippen LogP contribution in [0.2, 0.25) is 0 Å². The van der Waals surface area contributed by atoms with Crippen molar-refractivity contribution in [3.63, 3.8) is 0 Å². The van der Waals surface area contributed by atoms with Gasteiger partial charge >= 0.3 is 6.03 Å². The van der Waals surface area contributed by atoms with Gasteiger partial charge in [-0.05, 0) is 30.7 Å². The number of aryl methyl sites for hydroxylation is 1. The van der Waals surface area contributed by atoms with Crippen molar-refractivity contribution in [3.05, 3.63) is 29.6 Å². The summed E-state index contributed by atoms with van der Waals surface area (Å²) in [5.41, 5.74) is 0.887. The van der Waals surface area contributed by atoms with Gasteiger partial charge in [-0.2, -0.15) is 0 Å². The van der Waals surface area contributed by atoms with Gasteiger partial charge in [-0.1, -0.05) is 0 Å². The number of anilines is 1. The van der Waals surface area contributed by atoms with Gasteiger partial charge in [-0.15, -0.1) is 0 Å². The summed E-state index contributed by atoms with van der Waals surface area (Å²) >= 11 is 0. The molecule has 0 saturated carbocycles. The molecule has 17 heavy (non-hydrogen) atoms. The number of aliphatic hydroxyl groups excluding tert-OH is 2. The maximum Gasteiger partial charge on any atom is 0.319 e. The highest BCUT2D eigenvalue weighted by Crippen LogP contribution is 2.13. The molecule has 0 aliphatic rings. The van der Waals surface area contributed by atoms with E-state index in [9.17, 15) is 9.18 Å². The van der Waals surface area contributed by atoms with Gasteiger partial charge in [0, 0.05) is 12.2 Å². The molecule has 1 aromatic carbocycles. The van der Waals surface area contributed by atoms with Crippen molar-refractivity contribution in [1.29, 1.82) is 0 Å². The second kappa shape index (κ2) is 6.17. The van der Waals surface area contributed by atoms with E-state index in [4.69, 9.17) is 10.2 Å². The van der Waals surface area contributed by atoms with E-state index in [2.05, 4.69) is 10.6 Å². The van der Waals surface area contributed by atoms with Crippen molar-refractivity contribution in [3.8, 4) is 0 Å². The molecule has 0 spiro atoms. The molecule has 0 aromatic heterocycles. The molecule has 4 N–H and O–H groups in total. The number of urea groups is 1. The van der Waals surface area contributed by atoms with E-state index in [1.807, 2.05) is 0 Å². The molecule has 6 heteroatoms. The Morgan fingerprint density at radius 3 is 2.82 bits per heavy atom. The standard InChI is InChI=1S/C11H15FN2O3/c1-7-4-8(2-3-10(7)12)14-11(17)13-5-9(16)6-15/h2-4,9,15-16H,5-6H2,1H3,(H2,13,14,17). The summed E-state index contributed by atoms with van der Waals surface area (Å²) in [4.78, 5) is 11.3. The average molecular weight is 242 g/mol. The van der Waals surface area contributed by atoms with Gasteiger partial charge in [0.25, 0.3) is 0 Å². The minimum atomic E-state index is -0.990. The number of benzene rings is 1. The molecule has 1 aromatic rings. The van der Waals surface area contributed by atoms with E-state index in [0.29, 0.717) is 11.3 Å². The molecule has 1 unspecified atom stereocenters. The van der Waals surface area contributed by atoms with Crippen LogP contribution >= 0.6 is 0 Å². The number of carbonyl (C=O) groups is 1. The number of aliphatic hydroxyl groups is 2. The number of halogens is 1. The second-order valence-electron chi connectivity index (χ2n) is 3.64. The van der Waals surface area contributed by atoms with Crippen molar-refractivity contribution in [2.45, 2.75) is 13.0 Å². The molecule has 0 aliphatic carbocycles. The summed E-state index contributed by atoms with van der Waals surface area (Å²) in [7, 11) is 0. The van der Waals surface area contributed by atoms with Gasteiger partial charge in [-0.25, -0.2) is 9.18 Å². The van der Waals surface area contributed by atoms with Gasteiger partial charge in [0.15, 0.2) is 0 Å². The smallest absolute Gasteiger partial charge is 0.319 e. The molecule has 2 amide bonds. The maximum absolute atomic E-state index is 12.9. The highest BCUT2D eigenvalue weighted by molar-refractivity contribution is 5.89. The highest BCUT2D eigenvalue weighted by atomic mass is 19.1. The van der Waals surface area contributed by atoms with Crippen LogP contribution in [0.1, 0.15) is 5.56 Å². The first-order valence-corrected chi connectivity index (χ1v) is 5.13. The van der Waals surface area contributed by atoms with Gasteiger partial charge in [-0.3, -0.25) is 0 Å². The largest absolute Gasteiger partial charge is 0.394 e. The molecule has 0 bridgehead atoms. The molecule has 94 valence electrons. The number of hydrogen-bond acceptors (Lipinski definition) is 3. The van der Waals surface area contributed by atoms with Crippen LogP contribution in [0.15, 0.2) is 18.2 Å². The van der Waals surface area contributed by atoms with Gasteiger partial charge in [0.05, 0.1) is 12.7 Å². The summed E-state index contributed by atoms with van der Waals surface area (Å²) in [5.74, 6) is -0.341. The van der Waals surface area contributed by atoms with Crippen LogP contribution in [-0.2, 0) is 0 Å². The van der Waals surface area contributed by atoms with Crippen LogP contribution < -0.4 is 10.6 Å². The quantitative estimate of drug-likeness (QED) is 0.624. The minimum Gasteiger partial charge on any atom is -0.394 e. The lowest BCUT2D eigenvalue weighted by molar-refractivity contribution is 0.0965. The zero-order valence-corrected chi connectivity index (χ0v) is 9.40. The van der Waals surface area contributed by atoms with E-state index >= 15 is 0 Å². The first-order chi connectivity index (χ1) is 8.02. The van der Waals surface area contributed by atoms with Crippen molar-refractivity contribution in [1.82, 2.24) is 5.32 Å². The van der Waals surface area contributed by atoms with Crippen LogP contribution in [-0.4, -0.2) is 35.5 Å². The molecule has 0 aliphatic heterocycles. The Bertz CT molecular complexity index is 398. The van der Waals surface area contributed by atoms with E-state index in [0.717, 1.165) is 0 Å². The SMILES string of the molecule is Cc1cc(NC(=O)NCC(O)CO)ccc1F. The predicted molar refractivity (Wildman–Crippen MR) is 61.3 cm³/mol. The van der Waals surface area contributed by atoms with Gasteiger partial charge in [0.1, 0.15) is 5.82 Å². The first kappa shape index (κ1) is 13.4. The summed E-state index contributed by atoms with van der Waals surface area (Å²) < 4.78 is 12.9. The lowest BCUT2D eigenvalue weighted by Gasteiger charge is -2.10. The Labute approximate surface area is 98.3 Å². The number of rotatable bonds is 4. The number of amides is 2. The maximum atomic E-state index is 12.9.